The Morgan fingerprint density at radius 3 is 2.83 bits per heavy atom. The fourth-order valence-corrected chi connectivity index (χ4v) is 2.90. The molecule has 68 valence electrons. The minimum atomic E-state index is -0.199. The third-order valence-corrected chi connectivity index (χ3v) is 3.71. The van der Waals surface area contributed by atoms with Crippen molar-refractivity contribution in [2.24, 2.45) is 10.9 Å². The summed E-state index contributed by atoms with van der Waals surface area (Å²) in [5.41, 5.74) is -0.199. The van der Waals surface area contributed by atoms with Crippen LogP contribution >= 0.6 is 11.8 Å². The Morgan fingerprint density at radius 2 is 2.33 bits per heavy atom. The van der Waals surface area contributed by atoms with Gasteiger partial charge in [-0.3, -0.25) is 0 Å². The van der Waals surface area contributed by atoms with Crippen LogP contribution < -0.4 is 0 Å². The van der Waals surface area contributed by atoms with Crippen LogP contribution in [0.4, 0.5) is 0 Å². The van der Waals surface area contributed by atoms with Crippen molar-refractivity contribution in [3.8, 4) is 0 Å². The zero-order valence-electron chi connectivity index (χ0n) is 7.67. The molecule has 0 N–H and O–H groups in total. The van der Waals surface area contributed by atoms with Gasteiger partial charge in [-0.2, -0.15) is 16.8 Å². The first kappa shape index (κ1) is 9.82. The minimum Gasteiger partial charge on any atom is -0.211 e. The van der Waals surface area contributed by atoms with Crippen molar-refractivity contribution in [2.75, 3.05) is 11.5 Å². The van der Waals surface area contributed by atoms with Gasteiger partial charge in [0.15, 0.2) is 0 Å². The fourth-order valence-electron chi connectivity index (χ4n) is 1.51. The summed E-state index contributed by atoms with van der Waals surface area (Å²) >= 11 is 1.97. The molecule has 0 aromatic rings. The molecule has 0 bridgehead atoms. The molecule has 12 heavy (non-hydrogen) atoms. The van der Waals surface area contributed by atoms with Crippen LogP contribution in [0.1, 0.15) is 26.7 Å². The smallest absolute Gasteiger partial charge is 0.211 e. The number of nitrogens with zero attached hydrogens (tertiary/aromatic N) is 1. The fraction of sp³-hybridized carbons (Fsp3) is 0.889. The lowest BCUT2D eigenvalue weighted by atomic mass is 9.86. The second-order valence-corrected chi connectivity index (χ2v) is 4.92. The van der Waals surface area contributed by atoms with Crippen LogP contribution in [0, 0.1) is 5.92 Å². The first-order valence-corrected chi connectivity index (χ1v) is 5.49. The van der Waals surface area contributed by atoms with Crippen molar-refractivity contribution in [2.45, 2.75) is 32.2 Å². The zero-order chi connectivity index (χ0) is 9.03. The van der Waals surface area contributed by atoms with E-state index in [4.69, 9.17) is 0 Å². The summed E-state index contributed by atoms with van der Waals surface area (Å²) in [6.45, 7) is 4.04. The molecular weight excluding hydrogens is 170 g/mol. The van der Waals surface area contributed by atoms with Crippen molar-refractivity contribution in [3.63, 3.8) is 0 Å². The van der Waals surface area contributed by atoms with E-state index in [0.717, 1.165) is 5.75 Å². The normalized spacial score (nSPS) is 24.7. The molecule has 0 aromatic carbocycles. The number of hydrogen-bond donors (Lipinski definition) is 0. The average molecular weight is 185 g/mol. The third-order valence-electron chi connectivity index (χ3n) is 2.49. The highest BCUT2D eigenvalue weighted by Crippen LogP contribution is 2.32. The first-order valence-electron chi connectivity index (χ1n) is 4.33. The third kappa shape index (κ3) is 2.36. The Hall–Kier alpha value is -0.270. The number of thioether (sulfide) groups is 1. The van der Waals surface area contributed by atoms with E-state index in [1.165, 1.54) is 18.6 Å². The summed E-state index contributed by atoms with van der Waals surface area (Å²) in [4.78, 5) is 14.0. The molecule has 0 saturated carbocycles. The minimum absolute atomic E-state index is 0.199. The SMILES string of the molecule is CC(C)(N=C=O)C1CCCSC1. The van der Waals surface area contributed by atoms with Gasteiger partial charge in [-0.05, 0) is 44.1 Å². The molecule has 0 aromatic heterocycles. The van der Waals surface area contributed by atoms with Crippen molar-refractivity contribution < 1.29 is 4.79 Å². The summed E-state index contributed by atoms with van der Waals surface area (Å²) in [5, 5.41) is 0. The van der Waals surface area contributed by atoms with Gasteiger partial charge in [0, 0.05) is 0 Å². The lowest BCUT2D eigenvalue weighted by Gasteiger charge is -2.31. The Bertz CT molecular complexity index is 191. The molecule has 0 aliphatic carbocycles. The maximum Gasteiger partial charge on any atom is 0.235 e. The summed E-state index contributed by atoms with van der Waals surface area (Å²) in [7, 11) is 0. The van der Waals surface area contributed by atoms with E-state index in [2.05, 4.69) is 4.99 Å². The van der Waals surface area contributed by atoms with Gasteiger partial charge in [0.1, 0.15) is 0 Å². The monoisotopic (exact) mass is 185 g/mol. The summed E-state index contributed by atoms with van der Waals surface area (Å²) < 4.78 is 0. The van der Waals surface area contributed by atoms with Crippen LogP contribution in [0.2, 0.25) is 0 Å². The van der Waals surface area contributed by atoms with Gasteiger partial charge in [-0.15, -0.1) is 0 Å². The second kappa shape index (κ2) is 4.11. The topological polar surface area (TPSA) is 29.4 Å². The molecule has 1 unspecified atom stereocenters. The van der Waals surface area contributed by atoms with Crippen molar-refractivity contribution in [1.29, 1.82) is 0 Å². The van der Waals surface area contributed by atoms with Gasteiger partial charge in [0.25, 0.3) is 0 Å². The van der Waals surface area contributed by atoms with Gasteiger partial charge >= 0.3 is 0 Å². The van der Waals surface area contributed by atoms with E-state index >= 15 is 0 Å². The van der Waals surface area contributed by atoms with E-state index < -0.39 is 0 Å². The molecule has 1 heterocycles. The number of isocyanates is 1. The number of carbonyl (C=O) groups excluding carboxylic acids is 1. The van der Waals surface area contributed by atoms with Crippen LogP contribution in [0.5, 0.6) is 0 Å². The molecule has 1 atom stereocenters. The van der Waals surface area contributed by atoms with E-state index in [-0.39, 0.29) is 5.54 Å². The largest absolute Gasteiger partial charge is 0.235 e. The quantitative estimate of drug-likeness (QED) is 0.488. The predicted octanol–water partition coefficient (Wildman–Crippen LogP) is 2.24. The van der Waals surface area contributed by atoms with Crippen LogP contribution in [-0.2, 0) is 4.79 Å². The van der Waals surface area contributed by atoms with Crippen LogP contribution in [-0.4, -0.2) is 23.1 Å². The molecule has 0 amide bonds. The molecule has 1 saturated heterocycles. The Kier molecular flexibility index (Phi) is 3.36. The van der Waals surface area contributed by atoms with Crippen LogP contribution in [0.3, 0.4) is 0 Å². The Labute approximate surface area is 77.8 Å². The zero-order valence-corrected chi connectivity index (χ0v) is 8.49. The van der Waals surface area contributed by atoms with E-state index in [0.29, 0.717) is 5.92 Å². The van der Waals surface area contributed by atoms with E-state index in [1.807, 2.05) is 25.6 Å². The molecule has 1 aliphatic heterocycles. The maximum atomic E-state index is 10.2. The van der Waals surface area contributed by atoms with Gasteiger partial charge in [0.05, 0.1) is 5.54 Å². The predicted molar refractivity (Wildman–Crippen MR) is 52.2 cm³/mol. The van der Waals surface area contributed by atoms with Crippen LogP contribution in [0.25, 0.3) is 0 Å². The Morgan fingerprint density at radius 1 is 1.58 bits per heavy atom. The van der Waals surface area contributed by atoms with Gasteiger partial charge < -0.3 is 0 Å². The van der Waals surface area contributed by atoms with Gasteiger partial charge in [-0.25, -0.2) is 4.79 Å². The highest BCUT2D eigenvalue weighted by atomic mass is 32.2. The molecule has 0 spiro atoms. The van der Waals surface area contributed by atoms with Gasteiger partial charge in [-0.1, -0.05) is 0 Å². The lowest BCUT2D eigenvalue weighted by molar-refractivity contribution is 0.327. The summed E-state index contributed by atoms with van der Waals surface area (Å²) in [5.74, 6) is 2.95. The molecule has 1 fully saturated rings. The van der Waals surface area contributed by atoms with Crippen molar-refractivity contribution >= 4 is 17.8 Å². The molecule has 3 heteroatoms. The maximum absolute atomic E-state index is 10.2. The molecule has 2 nitrogen and oxygen atoms in total. The van der Waals surface area contributed by atoms with E-state index in [1.54, 1.807) is 6.08 Å². The second-order valence-electron chi connectivity index (χ2n) is 3.77. The molecular formula is C9H15NOS. The highest BCUT2D eigenvalue weighted by molar-refractivity contribution is 7.99. The highest BCUT2D eigenvalue weighted by Gasteiger charge is 2.30. The molecule has 1 aliphatic rings. The van der Waals surface area contributed by atoms with Gasteiger partial charge in [0.2, 0.25) is 6.08 Å². The molecule has 1 rings (SSSR count). The average Bonchev–Trinajstić information content (AvgIpc) is 2.06. The first-order chi connectivity index (χ1) is 5.67. The van der Waals surface area contributed by atoms with Crippen molar-refractivity contribution in [1.82, 2.24) is 0 Å². The number of hydrogen-bond acceptors (Lipinski definition) is 3. The van der Waals surface area contributed by atoms with Crippen LogP contribution in [0.15, 0.2) is 4.99 Å². The summed E-state index contributed by atoms with van der Waals surface area (Å²) in [6.07, 6.45) is 4.13. The lowest BCUT2D eigenvalue weighted by Crippen LogP contribution is -2.32. The summed E-state index contributed by atoms with van der Waals surface area (Å²) in [6, 6.07) is 0. The molecule has 0 radical (unpaired) electrons. The van der Waals surface area contributed by atoms with Crippen molar-refractivity contribution in [3.05, 3.63) is 0 Å². The number of rotatable bonds is 2. The standard InChI is InChI=1S/C9H15NOS/c1-9(2,10-7-11)8-4-3-5-12-6-8/h8H,3-6H2,1-2H3. The number of aliphatic imine (C=N–C) groups is 1. The van der Waals surface area contributed by atoms with E-state index in [9.17, 15) is 4.79 Å². The Balaban J connectivity index is 2.59.